The highest BCUT2D eigenvalue weighted by Gasteiger charge is 2.22. The fourth-order valence-corrected chi connectivity index (χ4v) is 5.06. The Kier molecular flexibility index (Phi) is 8.33. The predicted octanol–water partition coefficient (Wildman–Crippen LogP) is 8.28. The van der Waals surface area contributed by atoms with Crippen LogP contribution in [0.15, 0.2) is 65.2 Å². The van der Waals surface area contributed by atoms with Crippen LogP contribution in [0.3, 0.4) is 0 Å². The van der Waals surface area contributed by atoms with Gasteiger partial charge in [-0.1, -0.05) is 59.5 Å². The van der Waals surface area contributed by atoms with Gasteiger partial charge >= 0.3 is 5.97 Å². The molecule has 5 aromatic rings. The average molecular weight is 576 g/mol. The number of hydrogen-bond donors (Lipinski definition) is 0. The highest BCUT2D eigenvalue weighted by Crippen LogP contribution is 2.37. The van der Waals surface area contributed by atoms with Gasteiger partial charge in [-0.3, -0.25) is 0 Å². The Balaban J connectivity index is 1.37. The second-order valence-electron chi connectivity index (χ2n) is 9.18. The zero-order valence-electron chi connectivity index (χ0n) is 22.3. The van der Waals surface area contributed by atoms with Crippen molar-refractivity contribution in [2.24, 2.45) is 0 Å². The Hall–Kier alpha value is -3.94. The molecule has 9 heteroatoms. The quantitative estimate of drug-likeness (QED) is 0.163. The molecular formula is C31H27Cl2N3O4. The molecule has 0 bridgehead atoms. The molecule has 2 aromatic heterocycles. The van der Waals surface area contributed by atoms with Crippen LogP contribution >= 0.6 is 23.2 Å². The number of hydrogen-bond acceptors (Lipinski definition) is 7. The number of carbonyl (C=O) groups is 1. The van der Waals surface area contributed by atoms with Crippen LogP contribution in [0, 0.1) is 6.92 Å². The summed E-state index contributed by atoms with van der Waals surface area (Å²) in [6, 6.07) is 19.0. The predicted molar refractivity (Wildman–Crippen MR) is 156 cm³/mol. The summed E-state index contributed by atoms with van der Waals surface area (Å²) < 4.78 is 16.9. The van der Waals surface area contributed by atoms with Gasteiger partial charge in [0.15, 0.2) is 0 Å². The lowest BCUT2D eigenvalue weighted by Crippen LogP contribution is -2.10. The molecule has 0 unspecified atom stereocenters. The SMILES string of the molecule is CCCc1onc(-c2c(Cl)cccc2Cl)c1COc1ccc(-c2ccc3nc(C(=O)OCC)nc(C)c3c2)cc1. The van der Waals surface area contributed by atoms with E-state index in [-0.39, 0.29) is 19.0 Å². The molecule has 7 nitrogen and oxygen atoms in total. The Morgan fingerprint density at radius 3 is 2.38 bits per heavy atom. The van der Waals surface area contributed by atoms with E-state index in [9.17, 15) is 4.79 Å². The number of aromatic nitrogens is 3. The summed E-state index contributed by atoms with van der Waals surface area (Å²) in [7, 11) is 0. The maximum Gasteiger partial charge on any atom is 0.376 e. The van der Waals surface area contributed by atoms with Gasteiger partial charge in [0.2, 0.25) is 5.82 Å². The molecule has 5 rings (SSSR count). The number of nitrogens with zero attached hydrogens (tertiary/aromatic N) is 3. The second-order valence-corrected chi connectivity index (χ2v) is 9.99. The largest absolute Gasteiger partial charge is 0.489 e. The zero-order chi connectivity index (χ0) is 28.2. The van der Waals surface area contributed by atoms with Gasteiger partial charge in [0.1, 0.15) is 23.8 Å². The molecule has 0 atom stereocenters. The molecule has 0 radical (unpaired) electrons. The van der Waals surface area contributed by atoms with E-state index in [0.29, 0.717) is 38.3 Å². The minimum Gasteiger partial charge on any atom is -0.489 e. The molecule has 0 saturated carbocycles. The summed E-state index contributed by atoms with van der Waals surface area (Å²) >= 11 is 12.9. The van der Waals surface area contributed by atoms with Crippen molar-refractivity contribution in [1.29, 1.82) is 0 Å². The van der Waals surface area contributed by atoms with Crippen molar-refractivity contribution in [2.75, 3.05) is 6.61 Å². The van der Waals surface area contributed by atoms with E-state index in [2.05, 4.69) is 22.0 Å². The van der Waals surface area contributed by atoms with Gasteiger partial charge in [-0.2, -0.15) is 0 Å². The van der Waals surface area contributed by atoms with Crippen molar-refractivity contribution in [3.8, 4) is 28.1 Å². The molecule has 40 heavy (non-hydrogen) atoms. The lowest BCUT2D eigenvalue weighted by Gasteiger charge is -2.11. The van der Waals surface area contributed by atoms with E-state index in [0.717, 1.165) is 40.7 Å². The van der Waals surface area contributed by atoms with Gasteiger partial charge in [-0.15, -0.1) is 0 Å². The molecule has 0 aliphatic carbocycles. The van der Waals surface area contributed by atoms with Crippen LogP contribution in [-0.4, -0.2) is 27.7 Å². The summed E-state index contributed by atoms with van der Waals surface area (Å²) in [5.41, 5.74) is 5.45. The number of fused-ring (bicyclic) bond motifs is 1. The Bertz CT molecular complexity index is 1660. The normalized spacial score (nSPS) is 11.1. The molecule has 0 aliphatic heterocycles. The average Bonchev–Trinajstić information content (AvgIpc) is 3.34. The number of carbonyl (C=O) groups excluding carboxylic acids is 1. The summed E-state index contributed by atoms with van der Waals surface area (Å²) in [5, 5.41) is 6.16. The van der Waals surface area contributed by atoms with E-state index in [1.165, 1.54) is 0 Å². The topological polar surface area (TPSA) is 87.3 Å². The minimum absolute atomic E-state index is 0.0657. The van der Waals surface area contributed by atoms with Crippen molar-refractivity contribution in [1.82, 2.24) is 15.1 Å². The Morgan fingerprint density at radius 1 is 0.950 bits per heavy atom. The number of benzene rings is 3. The first kappa shape index (κ1) is 27.6. The maximum atomic E-state index is 12.1. The van der Waals surface area contributed by atoms with Crippen molar-refractivity contribution in [3.63, 3.8) is 0 Å². The van der Waals surface area contributed by atoms with E-state index in [1.807, 2.05) is 49.4 Å². The van der Waals surface area contributed by atoms with Crippen LogP contribution in [0.5, 0.6) is 5.75 Å². The summed E-state index contributed by atoms with van der Waals surface area (Å²) in [6.07, 6.45) is 1.62. The van der Waals surface area contributed by atoms with Crippen molar-refractivity contribution in [2.45, 2.75) is 40.2 Å². The van der Waals surface area contributed by atoms with E-state index in [4.69, 9.17) is 37.2 Å². The summed E-state index contributed by atoms with van der Waals surface area (Å²) in [4.78, 5) is 20.8. The number of halogens is 2. The van der Waals surface area contributed by atoms with Crippen LogP contribution in [-0.2, 0) is 17.8 Å². The maximum absolute atomic E-state index is 12.1. The molecule has 3 aromatic carbocycles. The lowest BCUT2D eigenvalue weighted by atomic mass is 10.0. The number of ether oxygens (including phenoxy) is 2. The highest BCUT2D eigenvalue weighted by atomic mass is 35.5. The standard InChI is InChI=1S/C31H27Cl2N3O4/c1-4-7-27-23(29(36-40-27)28-24(32)8-6-9-25(28)33)17-39-21-13-10-19(11-14-21)20-12-15-26-22(16-20)18(3)34-30(35-26)31(37)38-5-2/h6,8-16H,4-5,7,17H2,1-3H3. The smallest absolute Gasteiger partial charge is 0.376 e. The lowest BCUT2D eigenvalue weighted by molar-refractivity contribution is 0.0512. The van der Waals surface area contributed by atoms with Gasteiger partial charge in [-0.05, 0) is 67.8 Å². The Morgan fingerprint density at radius 2 is 1.68 bits per heavy atom. The number of rotatable bonds is 9. The first-order valence-corrected chi connectivity index (χ1v) is 13.8. The zero-order valence-corrected chi connectivity index (χ0v) is 23.8. The molecule has 204 valence electrons. The fraction of sp³-hybridized carbons (Fsp3) is 0.226. The van der Waals surface area contributed by atoms with Crippen LogP contribution < -0.4 is 4.74 Å². The number of esters is 1. The summed E-state index contributed by atoms with van der Waals surface area (Å²) in [5.74, 6) is 0.992. The molecule has 0 spiro atoms. The molecule has 0 saturated heterocycles. The van der Waals surface area contributed by atoms with Crippen molar-refractivity contribution in [3.05, 3.63) is 93.6 Å². The van der Waals surface area contributed by atoms with Crippen LogP contribution in [0.25, 0.3) is 33.3 Å². The van der Waals surface area contributed by atoms with Crippen molar-refractivity contribution >= 4 is 40.1 Å². The van der Waals surface area contributed by atoms with Crippen LogP contribution in [0.4, 0.5) is 0 Å². The van der Waals surface area contributed by atoms with E-state index in [1.54, 1.807) is 25.1 Å². The van der Waals surface area contributed by atoms with Gasteiger partial charge in [0.25, 0.3) is 0 Å². The van der Waals surface area contributed by atoms with Crippen LogP contribution in [0.2, 0.25) is 10.0 Å². The highest BCUT2D eigenvalue weighted by molar-refractivity contribution is 6.39. The first-order valence-electron chi connectivity index (χ1n) is 13.0. The molecular weight excluding hydrogens is 549 g/mol. The molecule has 0 fully saturated rings. The molecule has 2 heterocycles. The third-order valence-electron chi connectivity index (χ3n) is 6.46. The third kappa shape index (κ3) is 5.67. The molecule has 0 aliphatic rings. The fourth-order valence-electron chi connectivity index (χ4n) is 4.48. The van der Waals surface area contributed by atoms with Gasteiger partial charge < -0.3 is 14.0 Å². The summed E-state index contributed by atoms with van der Waals surface area (Å²) in [6.45, 7) is 6.21. The third-order valence-corrected chi connectivity index (χ3v) is 7.09. The number of aryl methyl sites for hydroxylation is 2. The van der Waals surface area contributed by atoms with Gasteiger partial charge in [-0.25, -0.2) is 14.8 Å². The Labute approximate surface area is 242 Å². The van der Waals surface area contributed by atoms with E-state index >= 15 is 0 Å². The molecule has 0 amide bonds. The van der Waals surface area contributed by atoms with E-state index < -0.39 is 5.97 Å². The van der Waals surface area contributed by atoms with Crippen molar-refractivity contribution < 1.29 is 18.8 Å². The van der Waals surface area contributed by atoms with Crippen LogP contribution in [0.1, 0.15) is 47.9 Å². The molecule has 0 N–H and O–H groups in total. The van der Waals surface area contributed by atoms with Gasteiger partial charge in [0.05, 0.1) is 27.7 Å². The van der Waals surface area contributed by atoms with Gasteiger partial charge in [0, 0.05) is 23.1 Å². The monoisotopic (exact) mass is 575 g/mol. The second kappa shape index (κ2) is 12.1. The first-order chi connectivity index (χ1) is 19.4. The minimum atomic E-state index is -0.526.